The Bertz CT molecular complexity index is 139. The number of amides is 1. The summed E-state index contributed by atoms with van der Waals surface area (Å²) in [4.78, 5) is 11.0. The molecule has 1 rings (SSSR count). The third kappa shape index (κ3) is 3.22. The van der Waals surface area contributed by atoms with Crippen molar-refractivity contribution < 1.29 is 9.53 Å². The molecule has 0 saturated carbocycles. The van der Waals surface area contributed by atoms with Crippen LogP contribution in [0.5, 0.6) is 0 Å². The van der Waals surface area contributed by atoms with E-state index in [0.29, 0.717) is 12.3 Å². The molecule has 1 fully saturated rings. The normalized spacial score (nSPS) is 24.6. The fourth-order valence-corrected chi connectivity index (χ4v) is 1.54. The van der Waals surface area contributed by atoms with Crippen LogP contribution in [0.4, 0.5) is 0 Å². The van der Waals surface area contributed by atoms with Crippen molar-refractivity contribution in [3.63, 3.8) is 0 Å². The number of hydrogen-bond acceptors (Lipinski definition) is 2. The molecule has 1 atom stereocenters. The molecule has 1 N–H and O–H groups in total. The molecule has 0 aromatic carbocycles. The summed E-state index contributed by atoms with van der Waals surface area (Å²) in [6.45, 7) is 1.69. The second-order valence-electron chi connectivity index (χ2n) is 3.29. The van der Waals surface area contributed by atoms with E-state index in [0.717, 1.165) is 32.5 Å². The highest BCUT2D eigenvalue weighted by Crippen LogP contribution is 2.18. The van der Waals surface area contributed by atoms with Gasteiger partial charge in [0.2, 0.25) is 5.91 Å². The lowest BCUT2D eigenvalue weighted by molar-refractivity contribution is -0.121. The quantitative estimate of drug-likeness (QED) is 0.671. The Morgan fingerprint density at radius 1 is 1.50 bits per heavy atom. The van der Waals surface area contributed by atoms with Crippen LogP contribution in [-0.4, -0.2) is 26.2 Å². The second-order valence-corrected chi connectivity index (χ2v) is 3.29. The topological polar surface area (TPSA) is 38.3 Å². The summed E-state index contributed by atoms with van der Waals surface area (Å²) in [5.41, 5.74) is 0. The van der Waals surface area contributed by atoms with Gasteiger partial charge in [0.15, 0.2) is 0 Å². The van der Waals surface area contributed by atoms with Crippen molar-refractivity contribution in [2.45, 2.75) is 25.7 Å². The molecule has 0 spiro atoms. The zero-order valence-electron chi connectivity index (χ0n) is 7.64. The van der Waals surface area contributed by atoms with Crippen LogP contribution in [0.3, 0.4) is 0 Å². The highest BCUT2D eigenvalue weighted by molar-refractivity contribution is 5.75. The maximum atomic E-state index is 11.0. The average Bonchev–Trinajstić information content (AvgIpc) is 2.33. The van der Waals surface area contributed by atoms with E-state index in [9.17, 15) is 4.79 Å². The molecule has 0 radical (unpaired) electrons. The van der Waals surface area contributed by atoms with Gasteiger partial charge in [-0.05, 0) is 25.2 Å². The van der Waals surface area contributed by atoms with Crippen LogP contribution in [0.15, 0.2) is 0 Å². The molecule has 0 aromatic rings. The van der Waals surface area contributed by atoms with Gasteiger partial charge >= 0.3 is 0 Å². The number of rotatable bonds is 2. The van der Waals surface area contributed by atoms with Gasteiger partial charge in [0.25, 0.3) is 0 Å². The molecular formula is C9H17NO2. The summed E-state index contributed by atoms with van der Waals surface area (Å²) >= 11 is 0. The van der Waals surface area contributed by atoms with Crippen molar-refractivity contribution in [3.8, 4) is 0 Å². The van der Waals surface area contributed by atoms with Crippen LogP contribution >= 0.6 is 0 Å². The van der Waals surface area contributed by atoms with E-state index in [1.54, 1.807) is 7.05 Å². The van der Waals surface area contributed by atoms with Gasteiger partial charge in [0.1, 0.15) is 0 Å². The molecule has 0 aromatic heterocycles. The molecular weight excluding hydrogens is 154 g/mol. The van der Waals surface area contributed by atoms with Crippen molar-refractivity contribution in [3.05, 3.63) is 0 Å². The Morgan fingerprint density at radius 2 is 2.33 bits per heavy atom. The standard InChI is InChI=1S/C9H17NO2/c1-10-9(11)7-8-3-2-5-12-6-4-8/h8H,2-7H2,1H3,(H,10,11). The van der Waals surface area contributed by atoms with E-state index < -0.39 is 0 Å². The molecule has 1 aliphatic heterocycles. The van der Waals surface area contributed by atoms with Crippen molar-refractivity contribution in [2.24, 2.45) is 5.92 Å². The first-order chi connectivity index (χ1) is 5.83. The summed E-state index contributed by atoms with van der Waals surface area (Å²) < 4.78 is 5.31. The minimum atomic E-state index is 0.155. The number of carbonyl (C=O) groups is 1. The van der Waals surface area contributed by atoms with E-state index in [1.165, 1.54) is 0 Å². The lowest BCUT2D eigenvalue weighted by atomic mass is 9.97. The molecule has 0 aliphatic carbocycles. The van der Waals surface area contributed by atoms with E-state index in [-0.39, 0.29) is 5.91 Å². The van der Waals surface area contributed by atoms with Crippen molar-refractivity contribution in [1.82, 2.24) is 5.32 Å². The lowest BCUT2D eigenvalue weighted by Gasteiger charge is -2.10. The first kappa shape index (κ1) is 9.52. The summed E-state index contributed by atoms with van der Waals surface area (Å²) in [6.07, 6.45) is 3.93. The number of ether oxygens (including phenoxy) is 1. The van der Waals surface area contributed by atoms with Crippen molar-refractivity contribution in [2.75, 3.05) is 20.3 Å². The fraction of sp³-hybridized carbons (Fsp3) is 0.889. The second kappa shape index (κ2) is 5.14. The van der Waals surface area contributed by atoms with Crippen LogP contribution in [0, 0.1) is 5.92 Å². The molecule has 12 heavy (non-hydrogen) atoms. The van der Waals surface area contributed by atoms with Gasteiger partial charge in [-0.3, -0.25) is 4.79 Å². The van der Waals surface area contributed by atoms with Crippen molar-refractivity contribution in [1.29, 1.82) is 0 Å². The van der Waals surface area contributed by atoms with E-state index >= 15 is 0 Å². The van der Waals surface area contributed by atoms with Gasteiger partial charge in [-0.25, -0.2) is 0 Å². The Labute approximate surface area is 73.5 Å². The summed E-state index contributed by atoms with van der Waals surface area (Å²) in [5.74, 6) is 0.689. The molecule has 3 heteroatoms. The summed E-state index contributed by atoms with van der Waals surface area (Å²) in [7, 11) is 1.69. The number of hydrogen-bond donors (Lipinski definition) is 1. The maximum absolute atomic E-state index is 11.0. The van der Waals surface area contributed by atoms with Crippen molar-refractivity contribution >= 4 is 5.91 Å². The smallest absolute Gasteiger partial charge is 0.220 e. The molecule has 1 saturated heterocycles. The van der Waals surface area contributed by atoms with E-state index in [4.69, 9.17) is 4.74 Å². The van der Waals surface area contributed by atoms with Crippen LogP contribution in [0.2, 0.25) is 0 Å². The molecule has 1 amide bonds. The predicted molar refractivity (Wildman–Crippen MR) is 46.8 cm³/mol. The third-order valence-corrected chi connectivity index (χ3v) is 2.32. The summed E-state index contributed by atoms with van der Waals surface area (Å²) in [5, 5.41) is 2.65. The summed E-state index contributed by atoms with van der Waals surface area (Å²) in [6, 6.07) is 0. The molecule has 70 valence electrons. The molecule has 3 nitrogen and oxygen atoms in total. The minimum Gasteiger partial charge on any atom is -0.381 e. The van der Waals surface area contributed by atoms with Gasteiger partial charge < -0.3 is 10.1 Å². The fourth-order valence-electron chi connectivity index (χ4n) is 1.54. The maximum Gasteiger partial charge on any atom is 0.220 e. The van der Waals surface area contributed by atoms with Crippen LogP contribution in [0.1, 0.15) is 25.7 Å². The number of nitrogens with one attached hydrogen (secondary N) is 1. The van der Waals surface area contributed by atoms with E-state index in [2.05, 4.69) is 5.32 Å². The van der Waals surface area contributed by atoms with Gasteiger partial charge in [-0.1, -0.05) is 0 Å². The predicted octanol–water partition coefficient (Wildman–Crippen LogP) is 0.939. The minimum absolute atomic E-state index is 0.155. The SMILES string of the molecule is CNC(=O)CC1CCCOCC1. The van der Waals surface area contributed by atoms with Gasteiger partial charge in [-0.2, -0.15) is 0 Å². The molecule has 1 aliphatic rings. The lowest BCUT2D eigenvalue weighted by Crippen LogP contribution is -2.21. The first-order valence-corrected chi connectivity index (χ1v) is 4.61. The van der Waals surface area contributed by atoms with E-state index in [1.807, 2.05) is 0 Å². The molecule has 1 unspecified atom stereocenters. The highest BCUT2D eigenvalue weighted by Gasteiger charge is 2.14. The van der Waals surface area contributed by atoms with Crippen LogP contribution in [0.25, 0.3) is 0 Å². The Balaban J connectivity index is 2.24. The molecule has 0 bridgehead atoms. The average molecular weight is 171 g/mol. The highest BCUT2D eigenvalue weighted by atomic mass is 16.5. The molecule has 1 heterocycles. The largest absolute Gasteiger partial charge is 0.381 e. The Hall–Kier alpha value is -0.570. The third-order valence-electron chi connectivity index (χ3n) is 2.32. The van der Waals surface area contributed by atoms with Gasteiger partial charge in [0.05, 0.1) is 0 Å². The van der Waals surface area contributed by atoms with Crippen LogP contribution in [-0.2, 0) is 9.53 Å². The Morgan fingerprint density at radius 3 is 3.08 bits per heavy atom. The monoisotopic (exact) mass is 171 g/mol. The zero-order chi connectivity index (χ0) is 8.81. The zero-order valence-corrected chi connectivity index (χ0v) is 7.64. The van der Waals surface area contributed by atoms with Gasteiger partial charge in [0, 0.05) is 26.7 Å². The van der Waals surface area contributed by atoms with Crippen LogP contribution < -0.4 is 5.32 Å². The number of carbonyl (C=O) groups excluding carboxylic acids is 1. The first-order valence-electron chi connectivity index (χ1n) is 4.61. The Kier molecular flexibility index (Phi) is 4.08. The van der Waals surface area contributed by atoms with Gasteiger partial charge in [-0.15, -0.1) is 0 Å².